The first-order valence-electron chi connectivity index (χ1n) is 11.0. The number of benzene rings is 4. The van der Waals surface area contributed by atoms with E-state index in [1.165, 1.54) is 5.56 Å². The highest BCUT2D eigenvalue weighted by Crippen LogP contribution is 2.41. The third kappa shape index (κ3) is 5.05. The van der Waals surface area contributed by atoms with Gasteiger partial charge >= 0.3 is 6.18 Å². The van der Waals surface area contributed by atoms with E-state index in [2.05, 4.69) is 29.0 Å². The Morgan fingerprint density at radius 1 is 0.806 bits per heavy atom. The number of thioether (sulfide) groups is 1. The van der Waals surface area contributed by atoms with E-state index in [9.17, 15) is 21.6 Å². The maximum absolute atomic E-state index is 13.1. The van der Waals surface area contributed by atoms with Crippen LogP contribution < -0.4 is 4.72 Å². The summed E-state index contributed by atoms with van der Waals surface area (Å²) < 4.78 is 67.4. The standard InChI is InChI=1S/C28H20F3NO2S2/c29-28(30,31)21-9-6-11-23(17-21)36(33,34)32-22-10-5-7-19(15-22)16-26-24-12-2-1-8-20(24)18-35-27-14-4-3-13-25(26)27/h1-17,32H,18H2. The number of fused-ring (bicyclic) bond motifs is 2. The summed E-state index contributed by atoms with van der Waals surface area (Å²) in [6.07, 6.45) is -2.63. The Morgan fingerprint density at radius 3 is 2.33 bits per heavy atom. The molecule has 3 nitrogen and oxygen atoms in total. The van der Waals surface area contributed by atoms with Crippen LogP contribution in [0, 0.1) is 0 Å². The molecule has 0 saturated heterocycles. The summed E-state index contributed by atoms with van der Waals surface area (Å²) >= 11 is 1.77. The van der Waals surface area contributed by atoms with Crippen LogP contribution in [0.1, 0.15) is 27.8 Å². The predicted molar refractivity (Wildman–Crippen MR) is 138 cm³/mol. The van der Waals surface area contributed by atoms with E-state index in [0.717, 1.165) is 51.1 Å². The molecule has 0 saturated carbocycles. The summed E-state index contributed by atoms with van der Waals surface area (Å²) in [5.74, 6) is 0.835. The Kier molecular flexibility index (Phi) is 6.40. The van der Waals surface area contributed by atoms with Crippen molar-refractivity contribution in [3.05, 3.63) is 125 Å². The fraction of sp³-hybridized carbons (Fsp3) is 0.0714. The molecule has 0 amide bonds. The number of alkyl halides is 3. The molecule has 182 valence electrons. The largest absolute Gasteiger partial charge is 0.416 e. The topological polar surface area (TPSA) is 46.2 Å². The maximum Gasteiger partial charge on any atom is 0.416 e. The zero-order valence-corrected chi connectivity index (χ0v) is 20.4. The second-order valence-electron chi connectivity index (χ2n) is 8.26. The second-order valence-corrected chi connectivity index (χ2v) is 11.0. The molecule has 1 aliphatic rings. The highest BCUT2D eigenvalue weighted by Gasteiger charge is 2.31. The van der Waals surface area contributed by atoms with Crippen molar-refractivity contribution in [2.75, 3.05) is 4.72 Å². The van der Waals surface area contributed by atoms with Crippen molar-refractivity contribution in [2.24, 2.45) is 0 Å². The predicted octanol–water partition coefficient (Wildman–Crippen LogP) is 7.70. The number of halogens is 3. The van der Waals surface area contributed by atoms with Crippen molar-refractivity contribution in [3.63, 3.8) is 0 Å². The van der Waals surface area contributed by atoms with Crippen LogP contribution in [0.2, 0.25) is 0 Å². The average Bonchev–Trinajstić information content (AvgIpc) is 3.01. The highest BCUT2D eigenvalue weighted by molar-refractivity contribution is 7.98. The Bertz CT molecular complexity index is 1530. The number of rotatable bonds is 4. The number of nitrogens with one attached hydrogen (secondary N) is 1. The minimum Gasteiger partial charge on any atom is -0.280 e. The van der Waals surface area contributed by atoms with E-state index in [4.69, 9.17) is 0 Å². The van der Waals surface area contributed by atoms with Crippen molar-refractivity contribution < 1.29 is 21.6 Å². The van der Waals surface area contributed by atoms with Crippen LogP contribution in [0.25, 0.3) is 11.6 Å². The summed E-state index contributed by atoms with van der Waals surface area (Å²) in [6, 6.07) is 26.8. The molecule has 36 heavy (non-hydrogen) atoms. The lowest BCUT2D eigenvalue weighted by Crippen LogP contribution is -2.14. The van der Waals surface area contributed by atoms with Gasteiger partial charge in [0.25, 0.3) is 10.0 Å². The van der Waals surface area contributed by atoms with Crippen LogP contribution in [0.4, 0.5) is 18.9 Å². The van der Waals surface area contributed by atoms with Crippen molar-refractivity contribution in [3.8, 4) is 0 Å². The first-order valence-corrected chi connectivity index (χ1v) is 13.5. The van der Waals surface area contributed by atoms with E-state index < -0.39 is 26.7 Å². The fourth-order valence-electron chi connectivity index (χ4n) is 4.09. The van der Waals surface area contributed by atoms with Gasteiger partial charge in [-0.25, -0.2) is 8.42 Å². The fourth-order valence-corrected chi connectivity index (χ4v) is 6.26. The van der Waals surface area contributed by atoms with Gasteiger partial charge in [-0.15, -0.1) is 11.8 Å². The molecule has 5 rings (SSSR count). The third-order valence-corrected chi connectivity index (χ3v) is 8.29. The number of sulfonamides is 1. The molecule has 0 radical (unpaired) electrons. The first-order chi connectivity index (χ1) is 17.2. The quantitative estimate of drug-likeness (QED) is 0.298. The van der Waals surface area contributed by atoms with Gasteiger partial charge in [0.2, 0.25) is 0 Å². The first kappa shape index (κ1) is 24.2. The number of hydrogen-bond acceptors (Lipinski definition) is 3. The van der Waals surface area contributed by atoms with Gasteiger partial charge in [-0.1, -0.05) is 60.7 Å². The molecule has 8 heteroatoms. The minimum atomic E-state index is -4.64. The van der Waals surface area contributed by atoms with E-state index in [0.29, 0.717) is 6.07 Å². The van der Waals surface area contributed by atoms with Crippen molar-refractivity contribution in [2.45, 2.75) is 21.7 Å². The van der Waals surface area contributed by atoms with E-state index in [1.54, 1.807) is 30.0 Å². The van der Waals surface area contributed by atoms with Gasteiger partial charge in [0, 0.05) is 16.3 Å². The Labute approximate surface area is 211 Å². The second kappa shape index (κ2) is 9.52. The van der Waals surface area contributed by atoms with E-state index in [1.807, 2.05) is 36.4 Å². The molecule has 0 bridgehead atoms. The molecular weight excluding hydrogens is 503 g/mol. The smallest absolute Gasteiger partial charge is 0.280 e. The lowest BCUT2D eigenvalue weighted by molar-refractivity contribution is -0.137. The van der Waals surface area contributed by atoms with Gasteiger partial charge in [0.1, 0.15) is 0 Å². The van der Waals surface area contributed by atoms with Crippen LogP contribution >= 0.6 is 11.8 Å². The lowest BCUT2D eigenvalue weighted by Gasteiger charge is -2.13. The molecule has 0 aromatic heterocycles. The summed E-state index contributed by atoms with van der Waals surface area (Å²) in [6.45, 7) is 0. The molecule has 0 unspecified atom stereocenters. The van der Waals surface area contributed by atoms with Crippen LogP contribution in [-0.4, -0.2) is 8.42 Å². The molecule has 4 aromatic rings. The van der Waals surface area contributed by atoms with Crippen molar-refractivity contribution in [1.29, 1.82) is 0 Å². The van der Waals surface area contributed by atoms with Crippen LogP contribution in [0.5, 0.6) is 0 Å². The molecule has 4 aromatic carbocycles. The van der Waals surface area contributed by atoms with Crippen LogP contribution in [-0.2, 0) is 22.0 Å². The molecule has 0 aliphatic carbocycles. The van der Waals surface area contributed by atoms with E-state index >= 15 is 0 Å². The summed E-state index contributed by atoms with van der Waals surface area (Å²) in [7, 11) is -4.22. The zero-order chi connectivity index (χ0) is 25.3. The monoisotopic (exact) mass is 523 g/mol. The van der Waals surface area contributed by atoms with Gasteiger partial charge in [-0.2, -0.15) is 13.2 Å². The number of hydrogen-bond donors (Lipinski definition) is 1. The summed E-state index contributed by atoms with van der Waals surface area (Å²) in [5, 5.41) is 0. The summed E-state index contributed by atoms with van der Waals surface area (Å²) in [4.78, 5) is 0.700. The molecular formula is C28H20F3NO2S2. The third-order valence-electron chi connectivity index (χ3n) is 5.79. The molecule has 1 aliphatic heterocycles. The molecule has 1 heterocycles. The Morgan fingerprint density at radius 2 is 1.53 bits per heavy atom. The molecule has 0 spiro atoms. The molecule has 0 atom stereocenters. The lowest BCUT2D eigenvalue weighted by atomic mass is 9.92. The van der Waals surface area contributed by atoms with Gasteiger partial charge in [-0.3, -0.25) is 4.72 Å². The molecule has 1 N–H and O–H groups in total. The SMILES string of the molecule is O=S(=O)(Nc1cccc(C=C2c3ccccc3CSc3ccccc32)c1)c1cccc(C(F)(F)F)c1. The summed E-state index contributed by atoms with van der Waals surface area (Å²) in [5.41, 5.74) is 4.40. The number of anilines is 1. The Hall–Kier alpha value is -3.49. The maximum atomic E-state index is 13.1. The van der Waals surface area contributed by atoms with Crippen molar-refractivity contribution in [1.82, 2.24) is 0 Å². The normalized spacial score (nSPS) is 14.6. The zero-order valence-electron chi connectivity index (χ0n) is 18.8. The Balaban J connectivity index is 1.52. The van der Waals surface area contributed by atoms with Crippen molar-refractivity contribution >= 4 is 39.1 Å². The minimum absolute atomic E-state index is 0.256. The molecule has 0 fully saturated rings. The van der Waals surface area contributed by atoms with Gasteiger partial charge < -0.3 is 0 Å². The highest BCUT2D eigenvalue weighted by atomic mass is 32.2. The van der Waals surface area contributed by atoms with Gasteiger partial charge in [0.05, 0.1) is 10.5 Å². The van der Waals surface area contributed by atoms with Crippen LogP contribution in [0.3, 0.4) is 0 Å². The van der Waals surface area contributed by atoms with E-state index in [-0.39, 0.29) is 5.69 Å². The van der Waals surface area contributed by atoms with Gasteiger partial charge in [-0.05, 0) is 70.3 Å². The average molecular weight is 524 g/mol. The van der Waals surface area contributed by atoms with Gasteiger partial charge in [0.15, 0.2) is 0 Å². The van der Waals surface area contributed by atoms with Crippen LogP contribution in [0.15, 0.2) is 107 Å².